The quantitative estimate of drug-likeness (QED) is 0.412. The molecule has 2 aliphatic rings. The first-order chi connectivity index (χ1) is 17.9. The maximum absolute atomic E-state index is 15.1. The number of hydrogen-bond donors (Lipinski definition) is 2. The molecule has 1 aromatic carbocycles. The molecule has 0 radical (unpaired) electrons. The molecule has 3 aromatic heterocycles. The van der Waals surface area contributed by atoms with Crippen LogP contribution in [0, 0.1) is 5.82 Å². The predicted molar refractivity (Wildman–Crippen MR) is 135 cm³/mol. The first-order valence-electron chi connectivity index (χ1n) is 11.6. The molecular weight excluding hydrogens is 477 g/mol. The number of imidazole rings is 1. The van der Waals surface area contributed by atoms with Crippen molar-refractivity contribution < 1.29 is 14.0 Å². The van der Waals surface area contributed by atoms with E-state index in [1.165, 1.54) is 36.6 Å². The van der Waals surface area contributed by atoms with Crippen LogP contribution in [0.25, 0.3) is 10.8 Å². The van der Waals surface area contributed by atoms with Gasteiger partial charge in [0.25, 0.3) is 5.91 Å². The molecule has 0 saturated carbocycles. The lowest BCUT2D eigenvalue weighted by atomic mass is 10.0. The maximum atomic E-state index is 15.1. The number of rotatable bonds is 4. The zero-order chi connectivity index (χ0) is 25.7. The zero-order valence-corrected chi connectivity index (χ0v) is 19.8. The third-order valence-electron chi connectivity index (χ3n) is 6.58. The van der Waals surface area contributed by atoms with Gasteiger partial charge < -0.3 is 20.5 Å². The highest BCUT2D eigenvalue weighted by molar-refractivity contribution is 6.29. The Morgan fingerprint density at radius 1 is 1.22 bits per heavy atom. The third-order valence-corrected chi connectivity index (χ3v) is 6.58. The van der Waals surface area contributed by atoms with E-state index in [1.54, 1.807) is 12.3 Å². The fraction of sp³-hybridized carbons (Fsp3) is 0.200. The number of aryl methyl sites for hydroxylation is 2. The molecule has 11 nitrogen and oxygen atoms in total. The number of halogens is 1. The number of hydrogen-bond acceptors (Lipinski definition) is 8. The first kappa shape index (κ1) is 22.6. The Balaban J connectivity index is 1.29. The minimum Gasteiger partial charge on any atom is -0.396 e. The van der Waals surface area contributed by atoms with Gasteiger partial charge in [-0.3, -0.25) is 19.3 Å². The standard InChI is InChI=1S/C25H22FN9O2/c1-33(16-8-17(36)11-28-10-16)25(37)18-6-14-7-20(30-12-19(14)24(27)23(18)26)31-21-9-15-2-4-34-5-3-29-22(34)13-35(15)32-21/h3,5-7,9-12H,2,4,8,13,27H2,1H3,(H,30,31,32). The lowest BCUT2D eigenvalue weighted by molar-refractivity contribution is -0.112. The van der Waals surface area contributed by atoms with E-state index in [1.807, 2.05) is 16.9 Å². The number of aromatic nitrogens is 5. The summed E-state index contributed by atoms with van der Waals surface area (Å²) in [7, 11) is 1.47. The first-order valence-corrected chi connectivity index (χ1v) is 11.6. The van der Waals surface area contributed by atoms with Crippen molar-refractivity contribution in [3.05, 3.63) is 71.6 Å². The SMILES string of the molecule is CN(C(=O)c1cc2cc(Nc3cc4n(n3)Cc3nccn3CC4)ncc2c(N)c1F)C1=CN=CC(=O)C1. The van der Waals surface area contributed by atoms with Crippen LogP contribution in [0.4, 0.5) is 21.7 Å². The smallest absolute Gasteiger partial charge is 0.260 e. The second-order valence-electron chi connectivity index (χ2n) is 8.94. The van der Waals surface area contributed by atoms with Crippen molar-refractivity contribution in [3.8, 4) is 0 Å². The van der Waals surface area contributed by atoms with E-state index in [0.717, 1.165) is 24.5 Å². The van der Waals surface area contributed by atoms with Gasteiger partial charge in [-0.15, -0.1) is 0 Å². The predicted octanol–water partition coefficient (Wildman–Crippen LogP) is 2.65. The Morgan fingerprint density at radius 3 is 2.92 bits per heavy atom. The van der Waals surface area contributed by atoms with Gasteiger partial charge in [-0.25, -0.2) is 14.4 Å². The number of fused-ring (bicyclic) bond motifs is 3. The van der Waals surface area contributed by atoms with Gasteiger partial charge in [0.1, 0.15) is 11.6 Å². The molecule has 0 bridgehead atoms. The van der Waals surface area contributed by atoms with Crippen LogP contribution < -0.4 is 11.1 Å². The lowest BCUT2D eigenvalue weighted by Crippen LogP contribution is -2.29. The number of pyridine rings is 1. The summed E-state index contributed by atoms with van der Waals surface area (Å²) in [5.41, 5.74) is 7.10. The summed E-state index contributed by atoms with van der Waals surface area (Å²) in [4.78, 5) is 38.6. The highest BCUT2D eigenvalue weighted by Gasteiger charge is 2.24. The van der Waals surface area contributed by atoms with Gasteiger partial charge in [-0.2, -0.15) is 5.10 Å². The van der Waals surface area contributed by atoms with E-state index >= 15 is 4.39 Å². The lowest BCUT2D eigenvalue weighted by Gasteiger charge is -2.21. The Labute approximate surface area is 210 Å². The molecule has 37 heavy (non-hydrogen) atoms. The van der Waals surface area contributed by atoms with Gasteiger partial charge in [-0.1, -0.05) is 0 Å². The topological polar surface area (TPSA) is 136 Å². The fourth-order valence-electron chi connectivity index (χ4n) is 4.56. The maximum Gasteiger partial charge on any atom is 0.260 e. The summed E-state index contributed by atoms with van der Waals surface area (Å²) in [6.07, 6.45) is 8.62. The number of nitrogens with zero attached hydrogens (tertiary/aromatic N) is 7. The van der Waals surface area contributed by atoms with Crippen LogP contribution in [0.5, 0.6) is 0 Å². The van der Waals surface area contributed by atoms with Crippen LogP contribution in [0.15, 0.2) is 53.7 Å². The number of nitrogens with one attached hydrogen (secondary N) is 1. The summed E-state index contributed by atoms with van der Waals surface area (Å²) in [6, 6.07) is 5.08. The van der Waals surface area contributed by atoms with Crippen LogP contribution in [0.3, 0.4) is 0 Å². The molecule has 0 saturated heterocycles. The van der Waals surface area contributed by atoms with Crippen molar-refractivity contribution in [2.24, 2.45) is 4.99 Å². The molecule has 6 rings (SSSR count). The third kappa shape index (κ3) is 4.01. The molecular formula is C25H22FN9O2. The van der Waals surface area contributed by atoms with Gasteiger partial charge in [0.15, 0.2) is 17.4 Å². The van der Waals surface area contributed by atoms with Crippen molar-refractivity contribution >= 4 is 46.0 Å². The van der Waals surface area contributed by atoms with Crippen molar-refractivity contribution in [2.45, 2.75) is 25.9 Å². The minimum absolute atomic E-state index is 0.00490. The number of nitrogen functional groups attached to an aromatic ring is 1. The average Bonchev–Trinajstić information content (AvgIpc) is 3.46. The normalized spacial score (nSPS) is 14.6. The van der Waals surface area contributed by atoms with Gasteiger partial charge in [-0.05, 0) is 17.5 Å². The summed E-state index contributed by atoms with van der Waals surface area (Å²) >= 11 is 0. The summed E-state index contributed by atoms with van der Waals surface area (Å²) < 4.78 is 19.1. The van der Waals surface area contributed by atoms with Crippen LogP contribution >= 0.6 is 0 Å². The Kier molecular flexibility index (Phi) is 5.29. The van der Waals surface area contributed by atoms with Crippen molar-refractivity contribution in [1.29, 1.82) is 0 Å². The highest BCUT2D eigenvalue weighted by atomic mass is 19.1. The fourth-order valence-corrected chi connectivity index (χ4v) is 4.56. The van der Waals surface area contributed by atoms with Gasteiger partial charge >= 0.3 is 0 Å². The van der Waals surface area contributed by atoms with Gasteiger partial charge in [0.05, 0.1) is 30.4 Å². The molecule has 12 heteroatoms. The minimum atomic E-state index is -0.839. The summed E-state index contributed by atoms with van der Waals surface area (Å²) in [5, 5.41) is 8.75. The van der Waals surface area contributed by atoms with E-state index in [4.69, 9.17) is 5.73 Å². The molecule has 1 amide bonds. The summed E-state index contributed by atoms with van der Waals surface area (Å²) in [5.74, 6) is 0.313. The van der Waals surface area contributed by atoms with E-state index in [-0.39, 0.29) is 23.5 Å². The van der Waals surface area contributed by atoms with Crippen LogP contribution in [0.2, 0.25) is 0 Å². The average molecular weight is 500 g/mol. The van der Waals surface area contributed by atoms with Crippen molar-refractivity contribution in [3.63, 3.8) is 0 Å². The molecule has 0 fully saturated rings. The molecule has 5 heterocycles. The molecule has 0 unspecified atom stereocenters. The second-order valence-corrected chi connectivity index (χ2v) is 8.94. The van der Waals surface area contributed by atoms with E-state index < -0.39 is 11.7 Å². The van der Waals surface area contributed by atoms with Crippen molar-refractivity contribution in [1.82, 2.24) is 29.2 Å². The molecule has 0 aliphatic carbocycles. The number of Topliss-reactive ketones (excluding diaryl/α,β-unsaturated/α-hetero) is 1. The molecule has 4 aromatic rings. The van der Waals surface area contributed by atoms with Crippen molar-refractivity contribution in [2.75, 3.05) is 18.1 Å². The Hall–Kier alpha value is -4.87. The number of amides is 1. The summed E-state index contributed by atoms with van der Waals surface area (Å²) in [6.45, 7) is 1.39. The molecule has 0 spiro atoms. The second kappa shape index (κ2) is 8.66. The Bertz CT molecular complexity index is 1650. The van der Waals surface area contributed by atoms with E-state index in [2.05, 4.69) is 29.9 Å². The van der Waals surface area contributed by atoms with Crippen LogP contribution in [0.1, 0.15) is 28.3 Å². The van der Waals surface area contributed by atoms with Crippen LogP contribution in [-0.2, 0) is 24.3 Å². The molecule has 2 aliphatic heterocycles. The number of anilines is 3. The van der Waals surface area contributed by atoms with E-state index in [0.29, 0.717) is 34.6 Å². The number of carbonyl (C=O) groups is 2. The number of aliphatic imine (C=N–C) groups is 1. The number of benzene rings is 1. The number of carbonyl (C=O) groups excluding carboxylic acids is 2. The number of nitrogens with two attached hydrogens (primary N) is 1. The van der Waals surface area contributed by atoms with E-state index in [9.17, 15) is 9.59 Å². The van der Waals surface area contributed by atoms with Gasteiger partial charge in [0, 0.05) is 67.6 Å². The molecule has 186 valence electrons. The number of allylic oxidation sites excluding steroid dienone is 1. The number of ketones is 1. The molecule has 3 N–H and O–H groups in total. The van der Waals surface area contributed by atoms with Gasteiger partial charge in [0.2, 0.25) is 0 Å². The molecule has 0 atom stereocenters. The van der Waals surface area contributed by atoms with Crippen LogP contribution in [-0.4, -0.2) is 54.2 Å². The largest absolute Gasteiger partial charge is 0.396 e. The zero-order valence-electron chi connectivity index (χ0n) is 19.8. The monoisotopic (exact) mass is 499 g/mol. The highest BCUT2D eigenvalue weighted by Crippen LogP contribution is 2.30. The Morgan fingerprint density at radius 2 is 2.08 bits per heavy atom.